The van der Waals surface area contributed by atoms with Gasteiger partial charge in [0.05, 0.1) is 7.11 Å². The first-order valence-corrected chi connectivity index (χ1v) is 7.04. The summed E-state index contributed by atoms with van der Waals surface area (Å²) in [4.78, 5) is 24.2. The maximum Gasteiger partial charge on any atom is 0.339 e. The topological polar surface area (TPSA) is 90.6 Å². The molecule has 6 nitrogen and oxygen atoms in total. The SMILES string of the molecule is COC(=O)C(N)(CNCc1ccccc1)C(=O)OC(C)(C)C. The van der Waals surface area contributed by atoms with Gasteiger partial charge in [0.1, 0.15) is 5.60 Å². The van der Waals surface area contributed by atoms with Crippen LogP contribution in [0.25, 0.3) is 0 Å². The molecule has 1 rings (SSSR count). The van der Waals surface area contributed by atoms with Crippen LogP contribution >= 0.6 is 0 Å². The molecule has 1 atom stereocenters. The molecule has 0 aliphatic heterocycles. The minimum atomic E-state index is -1.88. The molecule has 0 aliphatic rings. The summed E-state index contributed by atoms with van der Waals surface area (Å²) in [6, 6.07) is 9.57. The second kappa shape index (κ2) is 7.38. The Morgan fingerprint density at radius 3 is 2.23 bits per heavy atom. The number of benzene rings is 1. The van der Waals surface area contributed by atoms with E-state index in [-0.39, 0.29) is 6.54 Å². The third kappa shape index (κ3) is 5.13. The fourth-order valence-corrected chi connectivity index (χ4v) is 1.78. The van der Waals surface area contributed by atoms with Gasteiger partial charge in [-0.05, 0) is 26.3 Å². The van der Waals surface area contributed by atoms with Crippen molar-refractivity contribution >= 4 is 11.9 Å². The number of hydrogen-bond donors (Lipinski definition) is 2. The van der Waals surface area contributed by atoms with Gasteiger partial charge in [0.25, 0.3) is 0 Å². The van der Waals surface area contributed by atoms with Crippen molar-refractivity contribution in [2.75, 3.05) is 13.7 Å². The normalized spacial score (nSPS) is 14.0. The zero-order valence-electron chi connectivity index (χ0n) is 13.5. The van der Waals surface area contributed by atoms with E-state index >= 15 is 0 Å². The third-order valence-electron chi connectivity index (χ3n) is 2.89. The van der Waals surface area contributed by atoms with Gasteiger partial charge < -0.3 is 20.5 Å². The van der Waals surface area contributed by atoms with Crippen LogP contribution in [-0.2, 0) is 25.6 Å². The molecule has 3 N–H and O–H groups in total. The Labute approximate surface area is 131 Å². The summed E-state index contributed by atoms with van der Waals surface area (Å²) in [5.41, 5.74) is 4.35. The molecular formula is C16H24N2O4. The third-order valence-corrected chi connectivity index (χ3v) is 2.89. The molecular weight excluding hydrogens is 284 g/mol. The molecule has 0 aromatic heterocycles. The molecule has 0 fully saturated rings. The number of nitrogens with one attached hydrogen (secondary N) is 1. The molecule has 0 spiro atoms. The lowest BCUT2D eigenvalue weighted by Gasteiger charge is -2.29. The highest BCUT2D eigenvalue weighted by Crippen LogP contribution is 2.14. The average molecular weight is 308 g/mol. The lowest BCUT2D eigenvalue weighted by molar-refractivity contribution is -0.170. The fraction of sp³-hybridized carbons (Fsp3) is 0.500. The van der Waals surface area contributed by atoms with Crippen LogP contribution in [0.1, 0.15) is 26.3 Å². The van der Waals surface area contributed by atoms with Gasteiger partial charge in [-0.2, -0.15) is 0 Å². The van der Waals surface area contributed by atoms with Gasteiger partial charge >= 0.3 is 11.9 Å². The van der Waals surface area contributed by atoms with Gasteiger partial charge in [-0.25, -0.2) is 9.59 Å². The van der Waals surface area contributed by atoms with Crippen molar-refractivity contribution in [1.29, 1.82) is 0 Å². The summed E-state index contributed by atoms with van der Waals surface area (Å²) in [7, 11) is 1.19. The van der Waals surface area contributed by atoms with E-state index in [1.807, 2.05) is 30.3 Å². The summed E-state index contributed by atoms with van der Waals surface area (Å²) < 4.78 is 9.87. The Morgan fingerprint density at radius 1 is 1.14 bits per heavy atom. The Bertz CT molecular complexity index is 511. The van der Waals surface area contributed by atoms with Crippen molar-refractivity contribution in [3.63, 3.8) is 0 Å². The quantitative estimate of drug-likeness (QED) is 0.601. The Hall–Kier alpha value is -1.92. The number of rotatable bonds is 6. The van der Waals surface area contributed by atoms with Gasteiger partial charge in [-0.15, -0.1) is 0 Å². The molecule has 22 heavy (non-hydrogen) atoms. The van der Waals surface area contributed by atoms with Crippen LogP contribution in [0.5, 0.6) is 0 Å². The standard InChI is InChI=1S/C16H24N2O4/c1-15(2,3)22-14(20)16(17,13(19)21-4)11-18-10-12-8-6-5-7-9-12/h5-9,18H,10-11,17H2,1-4H3. The van der Waals surface area contributed by atoms with Crippen LogP contribution in [0.15, 0.2) is 30.3 Å². The fourth-order valence-electron chi connectivity index (χ4n) is 1.78. The molecule has 122 valence electrons. The van der Waals surface area contributed by atoms with Crippen molar-refractivity contribution < 1.29 is 19.1 Å². The predicted molar refractivity (Wildman–Crippen MR) is 82.9 cm³/mol. The van der Waals surface area contributed by atoms with Crippen LogP contribution in [0, 0.1) is 0 Å². The summed E-state index contributed by atoms with van der Waals surface area (Å²) in [5, 5.41) is 3.00. The number of hydrogen-bond acceptors (Lipinski definition) is 6. The van der Waals surface area contributed by atoms with E-state index in [0.717, 1.165) is 5.56 Å². The van der Waals surface area contributed by atoms with E-state index < -0.39 is 23.1 Å². The highest BCUT2D eigenvalue weighted by atomic mass is 16.6. The maximum absolute atomic E-state index is 12.2. The van der Waals surface area contributed by atoms with Gasteiger partial charge in [-0.3, -0.25) is 0 Å². The van der Waals surface area contributed by atoms with E-state index in [0.29, 0.717) is 6.54 Å². The molecule has 1 unspecified atom stereocenters. The van der Waals surface area contributed by atoms with Gasteiger partial charge in [0, 0.05) is 13.1 Å². The minimum Gasteiger partial charge on any atom is -0.467 e. The second-order valence-corrected chi connectivity index (χ2v) is 6.05. The van der Waals surface area contributed by atoms with Gasteiger partial charge in [0.15, 0.2) is 0 Å². The summed E-state index contributed by atoms with van der Waals surface area (Å²) in [6.07, 6.45) is 0. The smallest absolute Gasteiger partial charge is 0.339 e. The predicted octanol–water partition coefficient (Wildman–Crippen LogP) is 0.988. The zero-order valence-corrected chi connectivity index (χ0v) is 13.5. The number of nitrogens with two attached hydrogens (primary N) is 1. The van der Waals surface area contributed by atoms with E-state index in [2.05, 4.69) is 10.1 Å². The van der Waals surface area contributed by atoms with E-state index in [4.69, 9.17) is 10.5 Å². The second-order valence-electron chi connectivity index (χ2n) is 6.05. The Kier molecular flexibility index (Phi) is 6.08. The molecule has 0 aliphatic carbocycles. The summed E-state index contributed by atoms with van der Waals surface area (Å²) >= 11 is 0. The summed E-state index contributed by atoms with van der Waals surface area (Å²) in [5.74, 6) is -1.64. The first kappa shape index (κ1) is 18.1. The lowest BCUT2D eigenvalue weighted by Crippen LogP contribution is -2.63. The molecule has 0 saturated heterocycles. The number of carbonyl (C=O) groups is 2. The number of ether oxygens (including phenoxy) is 2. The van der Waals surface area contributed by atoms with Crippen LogP contribution < -0.4 is 11.1 Å². The first-order chi connectivity index (χ1) is 10.2. The summed E-state index contributed by atoms with van der Waals surface area (Å²) in [6.45, 7) is 5.52. The van der Waals surface area contributed by atoms with Crippen LogP contribution in [0.3, 0.4) is 0 Å². The largest absolute Gasteiger partial charge is 0.467 e. The molecule has 1 aromatic carbocycles. The Morgan fingerprint density at radius 2 is 1.73 bits per heavy atom. The number of esters is 2. The van der Waals surface area contributed by atoms with E-state index in [1.54, 1.807) is 20.8 Å². The number of carbonyl (C=O) groups excluding carboxylic acids is 2. The highest BCUT2D eigenvalue weighted by molar-refractivity contribution is 6.05. The molecule has 6 heteroatoms. The van der Waals surface area contributed by atoms with Crippen molar-refractivity contribution in [3.05, 3.63) is 35.9 Å². The maximum atomic E-state index is 12.2. The lowest BCUT2D eigenvalue weighted by atomic mass is 10.0. The van der Waals surface area contributed by atoms with Crippen LogP contribution in [-0.4, -0.2) is 36.7 Å². The zero-order chi connectivity index (χ0) is 16.8. The first-order valence-electron chi connectivity index (χ1n) is 7.04. The van der Waals surface area contributed by atoms with Crippen LogP contribution in [0.4, 0.5) is 0 Å². The van der Waals surface area contributed by atoms with Gasteiger partial charge in [0.2, 0.25) is 5.54 Å². The molecule has 0 bridgehead atoms. The molecule has 0 radical (unpaired) electrons. The highest BCUT2D eigenvalue weighted by Gasteiger charge is 2.46. The van der Waals surface area contributed by atoms with Crippen molar-refractivity contribution in [3.8, 4) is 0 Å². The average Bonchev–Trinajstić information content (AvgIpc) is 2.45. The number of methoxy groups -OCH3 is 1. The molecule has 1 aromatic rings. The van der Waals surface area contributed by atoms with Crippen molar-refractivity contribution in [2.45, 2.75) is 38.5 Å². The Balaban J connectivity index is 2.75. The van der Waals surface area contributed by atoms with Crippen molar-refractivity contribution in [1.82, 2.24) is 5.32 Å². The molecule has 0 amide bonds. The van der Waals surface area contributed by atoms with E-state index in [9.17, 15) is 9.59 Å². The molecule has 0 heterocycles. The van der Waals surface area contributed by atoms with Crippen LogP contribution in [0.2, 0.25) is 0 Å². The van der Waals surface area contributed by atoms with Gasteiger partial charge in [-0.1, -0.05) is 30.3 Å². The van der Waals surface area contributed by atoms with Crippen molar-refractivity contribution in [2.24, 2.45) is 5.73 Å². The van der Waals surface area contributed by atoms with E-state index in [1.165, 1.54) is 7.11 Å². The molecule has 0 saturated carbocycles. The minimum absolute atomic E-state index is 0.0799. The monoisotopic (exact) mass is 308 g/mol.